The average Bonchev–Trinajstić information content (AvgIpc) is 2.88. The maximum Gasteiger partial charge on any atom is 0.323 e. The fraction of sp³-hybridized carbons (Fsp3) is 0.259. The Morgan fingerprint density at radius 2 is 1.78 bits per heavy atom. The quantitative estimate of drug-likeness (QED) is 0.260. The minimum absolute atomic E-state index is 0.192. The van der Waals surface area contributed by atoms with E-state index in [9.17, 15) is 23.5 Å². The number of ether oxygens (including phenoxy) is 1. The van der Waals surface area contributed by atoms with E-state index < -0.39 is 17.6 Å². The minimum atomic E-state index is -1.07. The predicted molar refractivity (Wildman–Crippen MR) is 136 cm³/mol. The Labute approximate surface area is 213 Å². The van der Waals surface area contributed by atoms with Gasteiger partial charge in [0.05, 0.1) is 0 Å². The molecule has 3 aromatic carbocycles. The van der Waals surface area contributed by atoms with E-state index in [0.717, 1.165) is 17.7 Å². The number of carboxylic acid groups (broad SMARTS) is 1. The molecule has 3 aromatic rings. The van der Waals surface area contributed by atoms with Crippen molar-refractivity contribution in [2.45, 2.75) is 18.4 Å². The maximum absolute atomic E-state index is 13.8. The SMILES string of the molecule is CCNCCN(CC(=O)O)C(=O)c1cccc(COc2ccc(-c3cc(F)c(F)cc3SC)cc2)c1. The van der Waals surface area contributed by atoms with E-state index in [-0.39, 0.29) is 25.6 Å². The summed E-state index contributed by atoms with van der Waals surface area (Å²) in [5.41, 5.74) is 2.46. The number of thioether (sulfide) groups is 1. The molecule has 0 bridgehead atoms. The third kappa shape index (κ3) is 7.29. The van der Waals surface area contributed by atoms with Crippen molar-refractivity contribution in [2.24, 2.45) is 0 Å². The summed E-state index contributed by atoms with van der Waals surface area (Å²) in [6.07, 6.45) is 1.80. The molecule has 0 aromatic heterocycles. The lowest BCUT2D eigenvalue weighted by atomic mass is 10.1. The summed E-state index contributed by atoms with van der Waals surface area (Å²) in [6.45, 7) is 3.25. The molecule has 0 unspecified atom stereocenters. The number of nitrogens with zero attached hydrogens (tertiary/aromatic N) is 1. The van der Waals surface area contributed by atoms with Crippen molar-refractivity contribution in [1.29, 1.82) is 0 Å². The molecular weight excluding hydrogens is 486 g/mol. The highest BCUT2D eigenvalue weighted by Crippen LogP contribution is 2.33. The molecule has 1 amide bonds. The summed E-state index contributed by atoms with van der Waals surface area (Å²) in [7, 11) is 0. The Hall–Kier alpha value is -3.43. The first-order valence-corrected chi connectivity index (χ1v) is 12.6. The molecule has 0 spiro atoms. The lowest BCUT2D eigenvalue weighted by Crippen LogP contribution is -2.40. The van der Waals surface area contributed by atoms with Gasteiger partial charge in [0.1, 0.15) is 18.9 Å². The number of aliphatic carboxylic acids is 1. The molecule has 0 saturated heterocycles. The molecular formula is C27H28F2N2O4S. The number of hydrogen-bond acceptors (Lipinski definition) is 5. The number of rotatable bonds is 12. The summed E-state index contributed by atoms with van der Waals surface area (Å²) < 4.78 is 33.2. The van der Waals surface area contributed by atoms with E-state index in [2.05, 4.69) is 5.32 Å². The van der Waals surface area contributed by atoms with Gasteiger partial charge in [-0.25, -0.2) is 8.78 Å². The van der Waals surface area contributed by atoms with Crippen molar-refractivity contribution in [3.8, 4) is 16.9 Å². The van der Waals surface area contributed by atoms with Crippen LogP contribution in [0.5, 0.6) is 5.75 Å². The highest BCUT2D eigenvalue weighted by atomic mass is 32.2. The fourth-order valence-electron chi connectivity index (χ4n) is 3.60. The smallest absolute Gasteiger partial charge is 0.323 e. The van der Waals surface area contributed by atoms with Crippen LogP contribution in [0.15, 0.2) is 65.6 Å². The number of hydrogen-bond donors (Lipinski definition) is 2. The third-order valence-corrected chi connectivity index (χ3v) is 6.19. The monoisotopic (exact) mass is 514 g/mol. The fourth-order valence-corrected chi connectivity index (χ4v) is 4.22. The molecule has 6 nitrogen and oxygen atoms in total. The van der Waals surface area contributed by atoms with Crippen LogP contribution in [-0.4, -0.2) is 54.3 Å². The van der Waals surface area contributed by atoms with Crippen molar-refractivity contribution in [2.75, 3.05) is 32.4 Å². The third-order valence-electron chi connectivity index (χ3n) is 5.41. The van der Waals surface area contributed by atoms with E-state index in [1.54, 1.807) is 48.7 Å². The van der Waals surface area contributed by atoms with Gasteiger partial charge in [-0.3, -0.25) is 9.59 Å². The van der Waals surface area contributed by atoms with Gasteiger partial charge in [0.2, 0.25) is 0 Å². The highest BCUT2D eigenvalue weighted by molar-refractivity contribution is 7.98. The number of benzene rings is 3. The molecule has 3 rings (SSSR count). The molecule has 0 heterocycles. The van der Waals surface area contributed by atoms with Crippen LogP contribution >= 0.6 is 11.8 Å². The molecule has 0 fully saturated rings. The second-order valence-corrected chi connectivity index (χ2v) is 8.80. The molecule has 0 saturated carbocycles. The lowest BCUT2D eigenvalue weighted by molar-refractivity contribution is -0.137. The van der Waals surface area contributed by atoms with Gasteiger partial charge in [0.15, 0.2) is 11.6 Å². The van der Waals surface area contributed by atoms with E-state index in [0.29, 0.717) is 28.3 Å². The topological polar surface area (TPSA) is 78.9 Å². The maximum atomic E-state index is 13.8. The normalized spacial score (nSPS) is 10.8. The second kappa shape index (κ2) is 13.0. The van der Waals surface area contributed by atoms with Gasteiger partial charge < -0.3 is 20.1 Å². The van der Waals surface area contributed by atoms with Gasteiger partial charge in [0, 0.05) is 23.5 Å². The number of carboxylic acids is 1. The molecule has 9 heteroatoms. The van der Waals surface area contributed by atoms with Gasteiger partial charge in [-0.05, 0) is 65.9 Å². The summed E-state index contributed by atoms with van der Waals surface area (Å²) in [6, 6.07) is 16.3. The number of carbonyl (C=O) groups excluding carboxylic acids is 1. The van der Waals surface area contributed by atoms with E-state index >= 15 is 0 Å². The molecule has 0 aliphatic carbocycles. The van der Waals surface area contributed by atoms with Gasteiger partial charge in [-0.15, -0.1) is 11.8 Å². The van der Waals surface area contributed by atoms with Crippen LogP contribution in [-0.2, 0) is 11.4 Å². The van der Waals surface area contributed by atoms with E-state index in [1.807, 2.05) is 13.0 Å². The van der Waals surface area contributed by atoms with E-state index in [4.69, 9.17) is 4.74 Å². The molecule has 0 aliphatic rings. The van der Waals surface area contributed by atoms with Gasteiger partial charge in [0.25, 0.3) is 5.91 Å². The molecule has 2 N–H and O–H groups in total. The molecule has 36 heavy (non-hydrogen) atoms. The Balaban J connectivity index is 1.68. The average molecular weight is 515 g/mol. The van der Waals surface area contributed by atoms with Crippen LogP contribution in [0.1, 0.15) is 22.8 Å². The number of amides is 1. The number of nitrogens with one attached hydrogen (secondary N) is 1. The van der Waals surface area contributed by atoms with Crippen LogP contribution in [0.3, 0.4) is 0 Å². The summed E-state index contributed by atoms with van der Waals surface area (Å²) in [5.74, 6) is -2.65. The van der Waals surface area contributed by atoms with Crippen LogP contribution in [0, 0.1) is 11.6 Å². The Morgan fingerprint density at radius 1 is 1.06 bits per heavy atom. The summed E-state index contributed by atoms with van der Waals surface area (Å²) in [5, 5.41) is 12.3. The zero-order valence-electron chi connectivity index (χ0n) is 20.1. The summed E-state index contributed by atoms with van der Waals surface area (Å²) in [4.78, 5) is 26.1. The summed E-state index contributed by atoms with van der Waals surface area (Å²) >= 11 is 1.33. The predicted octanol–water partition coefficient (Wildman–Crippen LogP) is 5.07. The Kier molecular flexibility index (Phi) is 9.84. The standard InChI is InChI=1S/C27H28F2N2O4S/c1-3-30-11-12-31(16-26(32)33)27(34)20-6-4-5-18(13-20)17-35-21-9-7-19(8-10-21)22-14-23(28)24(29)15-25(22)36-2/h4-10,13-15,30H,3,11-12,16-17H2,1-2H3,(H,32,33). The Morgan fingerprint density at radius 3 is 2.44 bits per heavy atom. The van der Waals surface area contributed by atoms with Gasteiger partial charge in [-0.1, -0.05) is 31.2 Å². The lowest BCUT2D eigenvalue weighted by Gasteiger charge is -2.21. The zero-order valence-corrected chi connectivity index (χ0v) is 20.9. The first-order chi connectivity index (χ1) is 17.3. The first kappa shape index (κ1) is 27.2. The van der Waals surface area contributed by atoms with Crippen LogP contribution in [0.4, 0.5) is 8.78 Å². The van der Waals surface area contributed by atoms with Crippen molar-refractivity contribution in [3.05, 3.63) is 83.4 Å². The van der Waals surface area contributed by atoms with Crippen molar-refractivity contribution < 1.29 is 28.2 Å². The molecule has 0 atom stereocenters. The zero-order chi connectivity index (χ0) is 26.1. The van der Waals surface area contributed by atoms with Gasteiger partial charge in [-0.2, -0.15) is 0 Å². The van der Waals surface area contributed by atoms with Crippen LogP contribution in [0.2, 0.25) is 0 Å². The van der Waals surface area contributed by atoms with Crippen LogP contribution in [0.25, 0.3) is 11.1 Å². The number of carbonyl (C=O) groups is 2. The van der Waals surface area contributed by atoms with Crippen LogP contribution < -0.4 is 10.1 Å². The Bertz CT molecular complexity index is 1200. The molecule has 0 radical (unpaired) electrons. The van der Waals surface area contributed by atoms with Crippen molar-refractivity contribution in [3.63, 3.8) is 0 Å². The van der Waals surface area contributed by atoms with Crippen molar-refractivity contribution >= 4 is 23.6 Å². The number of likely N-dealkylation sites (N-methyl/N-ethyl adjacent to an activating group) is 1. The highest BCUT2D eigenvalue weighted by Gasteiger charge is 2.18. The van der Waals surface area contributed by atoms with Gasteiger partial charge >= 0.3 is 5.97 Å². The van der Waals surface area contributed by atoms with Crippen molar-refractivity contribution in [1.82, 2.24) is 10.2 Å². The first-order valence-electron chi connectivity index (χ1n) is 11.4. The largest absolute Gasteiger partial charge is 0.489 e. The second-order valence-electron chi connectivity index (χ2n) is 7.95. The minimum Gasteiger partial charge on any atom is -0.489 e. The van der Waals surface area contributed by atoms with E-state index in [1.165, 1.54) is 28.8 Å². The molecule has 0 aliphatic heterocycles. The molecule has 190 valence electrons. The number of halogens is 2.